The number of carboxylic acids is 1. The molecule has 10 heteroatoms. The van der Waals surface area contributed by atoms with Crippen LogP contribution in [0.2, 0.25) is 5.02 Å². The van der Waals surface area contributed by atoms with Gasteiger partial charge in [0.05, 0.1) is 19.3 Å². The molecule has 0 amide bonds. The van der Waals surface area contributed by atoms with Crippen molar-refractivity contribution in [1.29, 1.82) is 0 Å². The maximum atomic E-state index is 11.7. The lowest BCUT2D eigenvalue weighted by Crippen LogP contribution is -2.24. The summed E-state index contributed by atoms with van der Waals surface area (Å²) in [6.07, 6.45) is 0.545. The molecule has 3 aromatic rings. The van der Waals surface area contributed by atoms with Crippen LogP contribution in [0.4, 0.5) is 0 Å². The van der Waals surface area contributed by atoms with Crippen LogP contribution < -0.4 is 10.1 Å². The molecule has 3 rings (SSSR count). The number of carbonyl (C=O) groups is 2. The number of esters is 1. The molecule has 3 aromatic carbocycles. The minimum absolute atomic E-state index is 0.107. The molecule has 1 unspecified atom stereocenters. The van der Waals surface area contributed by atoms with Gasteiger partial charge in [-0.2, -0.15) is 0 Å². The fourth-order valence-corrected chi connectivity index (χ4v) is 4.54. The number of ether oxygens (including phenoxy) is 3. The highest BCUT2D eigenvalue weighted by Crippen LogP contribution is 2.30. The minimum atomic E-state index is -1.64. The molecule has 0 aliphatic carbocycles. The van der Waals surface area contributed by atoms with E-state index >= 15 is 0 Å². The molecular weight excluding hydrogens is 574 g/mol. The molecule has 0 aliphatic rings. The minimum Gasteiger partial charge on any atom is -0.491 e. The van der Waals surface area contributed by atoms with Gasteiger partial charge in [-0.3, -0.25) is 0 Å². The van der Waals surface area contributed by atoms with E-state index < -0.39 is 18.0 Å². The molecule has 0 fully saturated rings. The number of aliphatic carboxylic acids is 1. The maximum absolute atomic E-state index is 11.7. The Morgan fingerprint density at radius 1 is 0.953 bits per heavy atom. The quantitative estimate of drug-likeness (QED) is 0.101. The first kappa shape index (κ1) is 35.7. The lowest BCUT2D eigenvalue weighted by atomic mass is 9.89. The van der Waals surface area contributed by atoms with Gasteiger partial charge in [-0.25, -0.2) is 9.59 Å². The number of halogens is 1. The van der Waals surface area contributed by atoms with Crippen LogP contribution in [0.15, 0.2) is 72.8 Å². The molecule has 43 heavy (non-hydrogen) atoms. The molecule has 0 aromatic heterocycles. The Hall–Kier alpha value is -3.47. The molecule has 4 N–H and O–H groups in total. The van der Waals surface area contributed by atoms with Gasteiger partial charge in [0.25, 0.3) is 0 Å². The van der Waals surface area contributed by atoms with Crippen molar-refractivity contribution in [3.8, 4) is 5.75 Å². The first-order chi connectivity index (χ1) is 20.8. The number of hydrogen-bond acceptors (Lipinski definition) is 8. The van der Waals surface area contributed by atoms with E-state index in [0.29, 0.717) is 50.8 Å². The third-order valence-electron chi connectivity index (χ3n) is 6.41. The summed E-state index contributed by atoms with van der Waals surface area (Å²) in [5.41, 5.74) is 3.51. The number of nitrogens with one attached hydrogen (secondary N) is 1. The van der Waals surface area contributed by atoms with Crippen molar-refractivity contribution in [3.63, 3.8) is 0 Å². The second-order valence-electron chi connectivity index (χ2n) is 9.51. The predicted molar refractivity (Wildman–Crippen MR) is 165 cm³/mol. The normalized spacial score (nSPS) is 12.0. The molecule has 0 heterocycles. The number of benzene rings is 3. The van der Waals surface area contributed by atoms with Crippen molar-refractivity contribution in [2.75, 3.05) is 39.6 Å². The molecular formula is C33H42ClNO8. The van der Waals surface area contributed by atoms with Gasteiger partial charge in [-0.05, 0) is 67.1 Å². The number of aliphatic hydroxyl groups is 2. The summed E-state index contributed by atoms with van der Waals surface area (Å²) in [6, 6.07) is 22.6. The Morgan fingerprint density at radius 3 is 2.30 bits per heavy atom. The SMILES string of the molecule is CCO.CCOCCOc1ccc(CCC(COC(=O)C(=O)O)c2cccc(Cl)c2CNC[C@H](O)c2ccccc2)cc1. The predicted octanol–water partition coefficient (Wildman–Crippen LogP) is 4.92. The van der Waals surface area contributed by atoms with Crippen molar-refractivity contribution in [3.05, 3.63) is 100 Å². The van der Waals surface area contributed by atoms with E-state index in [1.165, 1.54) is 0 Å². The van der Waals surface area contributed by atoms with Crippen LogP contribution in [0.25, 0.3) is 0 Å². The summed E-state index contributed by atoms with van der Waals surface area (Å²) in [7, 11) is 0. The highest BCUT2D eigenvalue weighted by molar-refractivity contribution is 6.31. The van der Waals surface area contributed by atoms with Crippen LogP contribution in [0.1, 0.15) is 54.5 Å². The van der Waals surface area contributed by atoms with Gasteiger partial charge in [0.2, 0.25) is 0 Å². The highest BCUT2D eigenvalue weighted by atomic mass is 35.5. The van der Waals surface area contributed by atoms with Gasteiger partial charge < -0.3 is 34.8 Å². The van der Waals surface area contributed by atoms with Crippen molar-refractivity contribution < 1.29 is 39.1 Å². The third-order valence-corrected chi connectivity index (χ3v) is 6.77. The number of aryl methyl sites for hydroxylation is 1. The fraction of sp³-hybridized carbons (Fsp3) is 0.394. The van der Waals surface area contributed by atoms with Gasteiger partial charge in [-0.15, -0.1) is 0 Å². The van der Waals surface area contributed by atoms with Crippen LogP contribution in [0.3, 0.4) is 0 Å². The Kier molecular flexibility index (Phi) is 17.0. The van der Waals surface area contributed by atoms with Gasteiger partial charge >= 0.3 is 11.9 Å². The highest BCUT2D eigenvalue weighted by Gasteiger charge is 2.22. The summed E-state index contributed by atoms with van der Waals surface area (Å²) in [5.74, 6) is -2.50. The molecule has 0 spiro atoms. The zero-order valence-corrected chi connectivity index (χ0v) is 25.5. The van der Waals surface area contributed by atoms with E-state index in [2.05, 4.69) is 5.32 Å². The van der Waals surface area contributed by atoms with E-state index in [0.717, 1.165) is 28.0 Å². The molecule has 0 saturated carbocycles. The average molecular weight is 616 g/mol. The van der Waals surface area contributed by atoms with Crippen LogP contribution in [0.5, 0.6) is 5.75 Å². The van der Waals surface area contributed by atoms with Crippen molar-refractivity contribution >= 4 is 23.5 Å². The summed E-state index contributed by atoms with van der Waals surface area (Å²) in [6.45, 7) is 6.08. The Bertz CT molecular complexity index is 1220. The Labute approximate surface area is 258 Å². The second kappa shape index (κ2) is 20.4. The van der Waals surface area contributed by atoms with E-state index in [-0.39, 0.29) is 19.1 Å². The van der Waals surface area contributed by atoms with Crippen LogP contribution in [0, 0.1) is 0 Å². The van der Waals surface area contributed by atoms with Gasteiger partial charge in [0.1, 0.15) is 12.4 Å². The van der Waals surface area contributed by atoms with Crippen molar-refractivity contribution in [1.82, 2.24) is 5.32 Å². The van der Waals surface area contributed by atoms with Crippen molar-refractivity contribution in [2.45, 2.75) is 45.3 Å². The summed E-state index contributed by atoms with van der Waals surface area (Å²) in [5, 5.41) is 30.9. The Balaban J connectivity index is 0.00000206. The zero-order chi connectivity index (χ0) is 31.5. The summed E-state index contributed by atoms with van der Waals surface area (Å²) < 4.78 is 16.1. The first-order valence-corrected chi connectivity index (χ1v) is 14.7. The summed E-state index contributed by atoms with van der Waals surface area (Å²) >= 11 is 6.59. The molecule has 0 bridgehead atoms. The molecule has 0 aliphatic heterocycles. The van der Waals surface area contributed by atoms with E-state index in [9.17, 15) is 14.7 Å². The van der Waals surface area contributed by atoms with Gasteiger partial charge in [0, 0.05) is 37.2 Å². The molecule has 0 radical (unpaired) electrons. The number of carboxylic acid groups (broad SMARTS) is 1. The fourth-order valence-electron chi connectivity index (χ4n) is 4.29. The van der Waals surface area contributed by atoms with E-state index in [4.69, 9.17) is 36.0 Å². The first-order valence-electron chi connectivity index (χ1n) is 14.3. The van der Waals surface area contributed by atoms with Gasteiger partial charge in [0.15, 0.2) is 0 Å². The zero-order valence-electron chi connectivity index (χ0n) is 24.7. The molecule has 2 atom stereocenters. The number of carbonyl (C=O) groups excluding carboxylic acids is 1. The second-order valence-corrected chi connectivity index (χ2v) is 9.92. The topological polar surface area (TPSA) is 135 Å². The number of aliphatic hydroxyl groups excluding tert-OH is 2. The molecule has 9 nitrogen and oxygen atoms in total. The van der Waals surface area contributed by atoms with E-state index in [1.807, 2.05) is 73.7 Å². The van der Waals surface area contributed by atoms with Gasteiger partial charge in [-0.1, -0.05) is 66.2 Å². The monoisotopic (exact) mass is 615 g/mol. The van der Waals surface area contributed by atoms with Crippen LogP contribution >= 0.6 is 11.6 Å². The Morgan fingerprint density at radius 2 is 1.65 bits per heavy atom. The lowest BCUT2D eigenvalue weighted by Gasteiger charge is -2.22. The van der Waals surface area contributed by atoms with Crippen LogP contribution in [-0.2, 0) is 32.0 Å². The largest absolute Gasteiger partial charge is 0.491 e. The van der Waals surface area contributed by atoms with E-state index in [1.54, 1.807) is 13.0 Å². The van der Waals surface area contributed by atoms with Crippen molar-refractivity contribution in [2.24, 2.45) is 0 Å². The van der Waals surface area contributed by atoms with Crippen LogP contribution in [-0.4, -0.2) is 66.8 Å². The third kappa shape index (κ3) is 13.1. The molecule has 234 valence electrons. The average Bonchev–Trinajstić information content (AvgIpc) is 3.01. The molecule has 0 saturated heterocycles. The number of rotatable bonds is 16. The smallest absolute Gasteiger partial charge is 0.417 e. The number of hydrogen-bond donors (Lipinski definition) is 4. The lowest BCUT2D eigenvalue weighted by molar-refractivity contribution is -0.164. The standard InChI is InChI=1S/C31H36ClNO7.C2H6O/c1-2-38-17-18-39-25-15-12-22(13-16-25)11-14-24(21-40-31(37)30(35)36)26-9-6-10-28(32)27(26)19-33-20-29(34)23-7-4-3-5-8-23;1-2-3/h3-10,12-13,15-16,24,29,33-34H,2,11,14,17-21H2,1H3,(H,35,36);3H,2H2,1H3/t24?,29-;/m0./s1. The summed E-state index contributed by atoms with van der Waals surface area (Å²) in [4.78, 5) is 22.8. The maximum Gasteiger partial charge on any atom is 0.417 e.